The summed E-state index contributed by atoms with van der Waals surface area (Å²) < 4.78 is 10.6. The molecule has 0 radical (unpaired) electrons. The van der Waals surface area contributed by atoms with Gasteiger partial charge in [0.25, 0.3) is 5.91 Å². The lowest BCUT2D eigenvalue weighted by Gasteiger charge is -2.11. The fraction of sp³-hybridized carbons (Fsp3) is 0.0500. The Morgan fingerprint density at radius 3 is 2.68 bits per heavy atom. The molecule has 7 nitrogen and oxygen atoms in total. The number of hydrazine groups is 1. The average molecular weight is 395 g/mol. The number of hydrogen-bond donors (Lipinski definition) is 3. The van der Waals surface area contributed by atoms with Crippen molar-refractivity contribution in [2.45, 2.75) is 0 Å². The van der Waals surface area contributed by atoms with Crippen LogP contribution < -0.4 is 20.9 Å². The van der Waals surface area contributed by atoms with Gasteiger partial charge >= 0.3 is 0 Å². The maximum atomic E-state index is 11.9. The summed E-state index contributed by atoms with van der Waals surface area (Å²) in [5.41, 5.74) is 4.81. The van der Waals surface area contributed by atoms with Crippen molar-refractivity contribution in [1.29, 1.82) is 0 Å². The number of carbonyl (C=O) groups excluding carboxylic acids is 2. The van der Waals surface area contributed by atoms with Crippen LogP contribution in [0.3, 0.4) is 0 Å². The van der Waals surface area contributed by atoms with E-state index in [1.165, 1.54) is 18.4 Å². The minimum absolute atomic E-state index is 0.0485. The molecule has 0 fully saturated rings. The number of rotatable bonds is 5. The highest BCUT2D eigenvalue weighted by atomic mass is 32.1. The second kappa shape index (κ2) is 9.33. The number of amides is 2. The number of ether oxygens (including phenoxy) is 1. The summed E-state index contributed by atoms with van der Waals surface area (Å²) >= 11 is 4.95. The minimum atomic E-state index is -0.463. The number of carbonyl (C=O) groups is 2. The molecule has 0 aliphatic heterocycles. The Labute approximate surface area is 166 Å². The number of benzene rings is 2. The molecule has 3 N–H and O–H groups in total. The van der Waals surface area contributed by atoms with E-state index in [2.05, 4.69) is 16.2 Å². The van der Waals surface area contributed by atoms with Gasteiger partial charge in [0.15, 0.2) is 11.7 Å². The van der Waals surface area contributed by atoms with Crippen LogP contribution in [0.25, 0.3) is 16.8 Å². The Morgan fingerprint density at radius 2 is 1.86 bits per heavy atom. The van der Waals surface area contributed by atoms with Gasteiger partial charge in [0.1, 0.15) is 11.5 Å². The fourth-order valence-corrected chi connectivity index (χ4v) is 2.51. The lowest BCUT2D eigenvalue weighted by Crippen LogP contribution is -2.49. The number of hydrogen-bond acceptors (Lipinski definition) is 5. The molecule has 0 bridgehead atoms. The van der Waals surface area contributed by atoms with Crippen molar-refractivity contribution in [3.05, 3.63) is 72.7 Å². The zero-order valence-corrected chi connectivity index (χ0v) is 15.5. The summed E-state index contributed by atoms with van der Waals surface area (Å²) in [5, 5.41) is 4.28. The molecule has 0 aliphatic carbocycles. The van der Waals surface area contributed by atoms with Gasteiger partial charge in [0, 0.05) is 11.5 Å². The zero-order chi connectivity index (χ0) is 19.8. The predicted octanol–water partition coefficient (Wildman–Crippen LogP) is 2.55. The predicted molar refractivity (Wildman–Crippen MR) is 109 cm³/mol. The lowest BCUT2D eigenvalue weighted by atomic mass is 10.1. The van der Waals surface area contributed by atoms with E-state index >= 15 is 0 Å². The molecule has 1 aromatic heterocycles. The van der Waals surface area contributed by atoms with Gasteiger partial charge in [0.05, 0.1) is 6.26 Å². The molecule has 0 saturated heterocycles. The van der Waals surface area contributed by atoms with Gasteiger partial charge in [-0.2, -0.15) is 0 Å². The molecule has 3 aromatic rings. The van der Waals surface area contributed by atoms with Crippen molar-refractivity contribution < 1.29 is 18.7 Å². The quantitative estimate of drug-likeness (QED) is 0.349. The second-order valence-electron chi connectivity index (χ2n) is 5.61. The highest BCUT2D eigenvalue weighted by molar-refractivity contribution is 7.80. The molecule has 142 valence electrons. The monoisotopic (exact) mass is 395 g/mol. The molecular formula is C20H17N3O4S. The first kappa shape index (κ1) is 19.1. The lowest BCUT2D eigenvalue weighted by molar-refractivity contribution is -0.123. The Kier molecular flexibility index (Phi) is 6.37. The first-order valence-corrected chi connectivity index (χ1v) is 8.74. The summed E-state index contributed by atoms with van der Waals surface area (Å²) in [5.74, 6) is 0.228. The van der Waals surface area contributed by atoms with Gasteiger partial charge in [-0.3, -0.25) is 25.8 Å². The highest BCUT2D eigenvalue weighted by Crippen LogP contribution is 2.24. The molecule has 1 heterocycles. The topological polar surface area (TPSA) is 92.6 Å². The van der Waals surface area contributed by atoms with E-state index in [1.807, 2.05) is 36.4 Å². The molecule has 2 amide bonds. The summed E-state index contributed by atoms with van der Waals surface area (Å²) in [7, 11) is 0. The van der Waals surface area contributed by atoms with E-state index < -0.39 is 11.8 Å². The van der Waals surface area contributed by atoms with Gasteiger partial charge in [-0.1, -0.05) is 36.4 Å². The molecule has 2 aromatic carbocycles. The summed E-state index contributed by atoms with van der Waals surface area (Å²) in [6.45, 7) is -0.212. The van der Waals surface area contributed by atoms with Crippen LogP contribution in [0.1, 0.15) is 5.76 Å². The van der Waals surface area contributed by atoms with Crippen molar-refractivity contribution >= 4 is 46.0 Å². The summed E-state index contributed by atoms with van der Waals surface area (Å²) in [4.78, 5) is 23.7. The molecule has 8 heteroatoms. The molecule has 0 spiro atoms. The van der Waals surface area contributed by atoms with Gasteiger partial charge in [-0.25, -0.2) is 0 Å². The average Bonchev–Trinajstić information content (AvgIpc) is 3.23. The van der Waals surface area contributed by atoms with Crippen molar-refractivity contribution in [3.8, 4) is 5.75 Å². The first-order valence-electron chi connectivity index (χ1n) is 8.34. The van der Waals surface area contributed by atoms with Crippen molar-refractivity contribution in [2.75, 3.05) is 6.61 Å². The third-order valence-electron chi connectivity index (χ3n) is 3.60. The fourth-order valence-electron chi connectivity index (χ4n) is 2.36. The number of furan rings is 1. The van der Waals surface area contributed by atoms with Crippen molar-refractivity contribution in [2.24, 2.45) is 0 Å². The number of fused-ring (bicyclic) bond motifs is 1. The zero-order valence-electron chi connectivity index (χ0n) is 14.7. The number of nitrogens with one attached hydrogen (secondary N) is 3. The summed E-state index contributed by atoms with van der Waals surface area (Å²) in [6.07, 6.45) is 4.26. The van der Waals surface area contributed by atoms with E-state index in [0.717, 1.165) is 10.8 Å². The SMILES string of the molecule is O=C(C=Cc1ccco1)NC(=S)NNC(=O)COc1cccc2ccccc12. The van der Waals surface area contributed by atoms with Crippen LogP contribution in [-0.2, 0) is 9.59 Å². The molecule has 0 aliphatic rings. The van der Waals surface area contributed by atoms with Gasteiger partial charge in [-0.05, 0) is 41.9 Å². The molecule has 0 saturated carbocycles. The van der Waals surface area contributed by atoms with Crippen LogP contribution >= 0.6 is 12.2 Å². The van der Waals surface area contributed by atoms with Crippen LogP contribution in [0.15, 0.2) is 71.4 Å². The maximum Gasteiger partial charge on any atom is 0.276 e. The Balaban J connectivity index is 1.42. The van der Waals surface area contributed by atoms with Crippen LogP contribution in [-0.4, -0.2) is 23.5 Å². The molecule has 0 atom stereocenters. The van der Waals surface area contributed by atoms with Crippen LogP contribution in [0.2, 0.25) is 0 Å². The van der Waals surface area contributed by atoms with Crippen LogP contribution in [0.5, 0.6) is 5.75 Å². The van der Waals surface area contributed by atoms with E-state index in [0.29, 0.717) is 11.5 Å². The second-order valence-corrected chi connectivity index (χ2v) is 6.01. The maximum absolute atomic E-state index is 11.9. The smallest absolute Gasteiger partial charge is 0.276 e. The third-order valence-corrected chi connectivity index (χ3v) is 3.81. The normalized spacial score (nSPS) is 10.6. The van der Waals surface area contributed by atoms with Gasteiger partial charge in [-0.15, -0.1) is 0 Å². The van der Waals surface area contributed by atoms with E-state index in [9.17, 15) is 9.59 Å². The van der Waals surface area contributed by atoms with Crippen LogP contribution in [0.4, 0.5) is 0 Å². The molecule has 28 heavy (non-hydrogen) atoms. The van der Waals surface area contributed by atoms with E-state index in [1.54, 1.807) is 18.2 Å². The van der Waals surface area contributed by atoms with Crippen LogP contribution in [0, 0.1) is 0 Å². The highest BCUT2D eigenvalue weighted by Gasteiger charge is 2.07. The van der Waals surface area contributed by atoms with Crippen molar-refractivity contribution in [3.63, 3.8) is 0 Å². The Hall–Kier alpha value is -3.65. The number of thiocarbonyl (C=S) groups is 1. The molecular weight excluding hydrogens is 378 g/mol. The Morgan fingerprint density at radius 1 is 1.04 bits per heavy atom. The van der Waals surface area contributed by atoms with E-state index in [-0.39, 0.29) is 11.7 Å². The van der Waals surface area contributed by atoms with Gasteiger partial charge < -0.3 is 9.15 Å². The standard InChI is InChI=1S/C20H17N3O4S/c24-18(11-10-15-7-4-12-26-15)21-20(28)23-22-19(25)13-27-17-9-3-6-14-5-1-2-8-16(14)17/h1-12H,13H2,(H,22,25)(H2,21,23,24,28). The third kappa shape index (κ3) is 5.42. The Bertz CT molecular complexity index is 1010. The van der Waals surface area contributed by atoms with E-state index in [4.69, 9.17) is 21.4 Å². The summed E-state index contributed by atoms with van der Waals surface area (Å²) in [6, 6.07) is 16.7. The first-order chi connectivity index (χ1) is 13.6. The largest absolute Gasteiger partial charge is 0.483 e. The molecule has 0 unspecified atom stereocenters. The van der Waals surface area contributed by atoms with Gasteiger partial charge in [0.2, 0.25) is 5.91 Å². The minimum Gasteiger partial charge on any atom is -0.483 e. The van der Waals surface area contributed by atoms with Crippen molar-refractivity contribution in [1.82, 2.24) is 16.2 Å². The molecule has 3 rings (SSSR count).